The van der Waals surface area contributed by atoms with E-state index < -0.39 is 0 Å². The average molecular weight is 1380 g/mol. The molecule has 4 aromatic rings. The summed E-state index contributed by atoms with van der Waals surface area (Å²) in [6, 6.07) is 21.8. The number of rotatable bonds is 60. The van der Waals surface area contributed by atoms with Crippen molar-refractivity contribution in [1.29, 1.82) is 0 Å². The van der Waals surface area contributed by atoms with Gasteiger partial charge < -0.3 is 63.2 Å². The van der Waals surface area contributed by atoms with Gasteiger partial charge in [0.05, 0.1) is 66.1 Å². The first-order valence-corrected chi connectivity index (χ1v) is 38.5. The van der Waals surface area contributed by atoms with Crippen LogP contribution < -0.4 is 48.5 Å². The lowest BCUT2D eigenvalue weighted by atomic mass is 10.0. The topological polar surface area (TPSA) is 183 Å². The molecule has 0 saturated carbocycles. The van der Waals surface area contributed by atoms with Crippen molar-refractivity contribution in [2.45, 2.75) is 237 Å². The van der Waals surface area contributed by atoms with Gasteiger partial charge in [-0.15, -0.1) is 0 Å². The minimum absolute atomic E-state index is 0.244. The molecule has 16 heteroatoms. The van der Waals surface area contributed by atoms with Gasteiger partial charge in [0.1, 0.15) is 30.4 Å². The maximum atomic E-state index is 13.7. The van der Waals surface area contributed by atoms with Gasteiger partial charge in [-0.05, 0) is 147 Å². The largest absolute Gasteiger partial charge is 0.491 e. The second kappa shape index (κ2) is 52.6. The molecule has 0 heterocycles. The maximum absolute atomic E-state index is 13.7. The predicted molar refractivity (Wildman–Crippen MR) is 403 cm³/mol. The van der Waals surface area contributed by atoms with Gasteiger partial charge in [0.15, 0.2) is 23.0 Å². The molecule has 0 aliphatic rings. The van der Waals surface area contributed by atoms with E-state index in [4.69, 9.17) is 47.4 Å². The zero-order chi connectivity index (χ0) is 71.7. The van der Waals surface area contributed by atoms with Crippen molar-refractivity contribution < 1.29 is 62.2 Å². The van der Waals surface area contributed by atoms with Crippen LogP contribution in [0.4, 0.5) is 0 Å². The lowest BCUT2D eigenvalue weighted by Gasteiger charge is -2.19. The third-order valence-corrected chi connectivity index (χ3v) is 17.1. The number of nitrogens with one attached hydrogen (secondary N) is 2. The molecule has 3 N–H and O–H groups in total. The Labute approximate surface area is 598 Å². The first-order valence-electron chi connectivity index (χ1n) is 38.5. The van der Waals surface area contributed by atoms with Gasteiger partial charge in [0.25, 0.3) is 11.8 Å². The van der Waals surface area contributed by atoms with E-state index in [1.165, 1.54) is 51.4 Å². The zero-order valence-electron chi connectivity index (χ0n) is 63.6. The van der Waals surface area contributed by atoms with Gasteiger partial charge >= 0.3 is 0 Å². The highest BCUT2D eigenvalue weighted by Crippen LogP contribution is 2.41. The Kier molecular flexibility index (Phi) is 45.2. The molecule has 0 saturated heterocycles. The number of ether oxygens (including phenoxy) is 10. The normalized spacial score (nSPS) is 11.5. The van der Waals surface area contributed by atoms with Gasteiger partial charge in [-0.2, -0.15) is 0 Å². The second-order valence-corrected chi connectivity index (χ2v) is 29.1. The lowest BCUT2D eigenvalue weighted by molar-refractivity contribution is 0.0861. The molecule has 0 fully saturated rings. The maximum Gasteiger partial charge on any atom is 0.251 e. The number of nitrogens with zero attached hydrogens (tertiary/aromatic N) is 1. The highest BCUT2D eigenvalue weighted by atomic mass is 16.6. The van der Waals surface area contributed by atoms with Crippen molar-refractivity contribution in [2.75, 3.05) is 92.4 Å². The molecule has 558 valence electrons. The van der Waals surface area contributed by atoms with Gasteiger partial charge in [-0.25, -0.2) is 0 Å². The molecule has 0 atom stereocenters. The number of unbranched alkanes of at least 4 members (excludes halogenated alkanes) is 12. The minimum Gasteiger partial charge on any atom is -0.491 e. The molecule has 0 aliphatic carbocycles. The SMILES string of the molecule is CC(C)CCCCCOc1cc(C(=O)NCCOCCOc2ccc(C(=NO)c3ccc(OCCOCCNC(=O)c4cc(OCCCCCC(C)C)c(OCCCCCC(C)C)c(OCCCCCC(C)C)c4)cc3)cc2)cc(OCCCCCC(C)C)c1OCCCCCC(C)C. The molecule has 0 radical (unpaired) electrons. The monoisotopic (exact) mass is 1380 g/mol. The minimum atomic E-state index is -0.244. The van der Waals surface area contributed by atoms with Crippen molar-refractivity contribution in [1.82, 2.24) is 10.6 Å². The summed E-state index contributed by atoms with van der Waals surface area (Å²) in [5.74, 6) is 8.15. The standard InChI is InChI=1S/C83H133N3O13/c1-63(2)31-19-13-25-47-94-75-59-71(60-76(95-48-26-14-20-32-64(3)4)80(75)98-51-29-17-23-35-67(9)10)82(87)84-45-53-90-55-57-92-73-41-37-69(38-42-73)79(86-89)70-39-43-74(44-40-70)93-58-56-91-54-46-85-83(88)72-61-77(96-49-27-15-21-33-65(5)6)81(99-52-30-18-24-36-68(11)12)78(62-72)97-50-28-16-22-34-66(7)8/h37-44,59-68,89H,13-36,45-58H2,1-12H3,(H,84,87)(H,85,88). The van der Waals surface area contributed by atoms with Crippen LogP contribution in [-0.4, -0.2) is 115 Å². The van der Waals surface area contributed by atoms with Crippen molar-refractivity contribution in [3.63, 3.8) is 0 Å². The van der Waals surface area contributed by atoms with E-state index in [2.05, 4.69) is 98.9 Å². The van der Waals surface area contributed by atoms with Crippen LogP contribution in [0.5, 0.6) is 46.0 Å². The van der Waals surface area contributed by atoms with Crippen LogP contribution in [0.3, 0.4) is 0 Å². The Morgan fingerprint density at radius 2 is 0.576 bits per heavy atom. The van der Waals surface area contributed by atoms with E-state index >= 15 is 0 Å². The number of benzene rings is 4. The molecular formula is C83H133N3O13. The van der Waals surface area contributed by atoms with Crippen molar-refractivity contribution in [3.8, 4) is 46.0 Å². The van der Waals surface area contributed by atoms with Gasteiger partial charge in [0.2, 0.25) is 11.5 Å². The van der Waals surface area contributed by atoms with E-state index in [1.54, 1.807) is 24.3 Å². The number of hydrogen-bond acceptors (Lipinski definition) is 14. The molecule has 0 aromatic heterocycles. The lowest BCUT2D eigenvalue weighted by Crippen LogP contribution is -2.28. The number of carbonyl (C=O) groups excluding carboxylic acids is 2. The Bertz CT molecular complexity index is 2500. The third kappa shape index (κ3) is 38.8. The van der Waals surface area contributed by atoms with Crippen LogP contribution in [0.15, 0.2) is 78.0 Å². The summed E-state index contributed by atoms with van der Waals surface area (Å²) in [7, 11) is 0. The Balaban J connectivity index is 1.24. The molecule has 16 nitrogen and oxygen atoms in total. The van der Waals surface area contributed by atoms with Crippen LogP contribution in [0.2, 0.25) is 0 Å². The fourth-order valence-electron chi connectivity index (χ4n) is 11.2. The summed E-state index contributed by atoms with van der Waals surface area (Å²) in [4.78, 5) is 27.5. The van der Waals surface area contributed by atoms with Gasteiger partial charge in [0, 0.05) is 35.3 Å². The molecular weight excluding hydrogens is 1250 g/mol. The third-order valence-electron chi connectivity index (χ3n) is 17.1. The van der Waals surface area contributed by atoms with Crippen molar-refractivity contribution >= 4 is 17.5 Å². The van der Waals surface area contributed by atoms with E-state index in [-0.39, 0.29) is 11.8 Å². The van der Waals surface area contributed by atoms with Gasteiger partial charge in [-0.1, -0.05) is 204 Å². The van der Waals surface area contributed by atoms with E-state index in [1.807, 2.05) is 48.5 Å². The number of oxime groups is 1. The molecule has 4 rings (SSSR count). The van der Waals surface area contributed by atoms with Crippen LogP contribution in [-0.2, 0) is 9.47 Å². The Morgan fingerprint density at radius 1 is 0.313 bits per heavy atom. The summed E-state index contributed by atoms with van der Waals surface area (Å²) >= 11 is 0. The van der Waals surface area contributed by atoms with Crippen LogP contribution in [0.25, 0.3) is 0 Å². The highest BCUT2D eigenvalue weighted by molar-refractivity contribution is 6.12. The fraction of sp³-hybridized carbons (Fsp3) is 0.675. The van der Waals surface area contributed by atoms with E-state index in [0.717, 1.165) is 103 Å². The number of hydrogen-bond donors (Lipinski definition) is 3. The summed E-state index contributed by atoms with van der Waals surface area (Å²) < 4.78 is 62.3. The predicted octanol–water partition coefficient (Wildman–Crippen LogP) is 20.1. The van der Waals surface area contributed by atoms with Crippen LogP contribution >= 0.6 is 0 Å². The molecule has 2 amide bonds. The molecule has 99 heavy (non-hydrogen) atoms. The first-order chi connectivity index (χ1) is 47.9. The number of amides is 2. The van der Waals surface area contributed by atoms with E-state index in [9.17, 15) is 14.8 Å². The molecule has 0 bridgehead atoms. The van der Waals surface area contributed by atoms with Crippen LogP contribution in [0, 0.1) is 35.5 Å². The summed E-state index contributed by atoms with van der Waals surface area (Å²) in [5, 5.41) is 19.8. The summed E-state index contributed by atoms with van der Waals surface area (Å²) in [6.45, 7) is 32.7. The van der Waals surface area contributed by atoms with Gasteiger partial charge in [-0.3, -0.25) is 9.59 Å². The van der Waals surface area contributed by atoms with Crippen LogP contribution in [0.1, 0.15) is 269 Å². The quantitative estimate of drug-likeness (QED) is 0.0164. The van der Waals surface area contributed by atoms with Crippen molar-refractivity contribution in [3.05, 3.63) is 95.1 Å². The Morgan fingerprint density at radius 3 is 0.828 bits per heavy atom. The molecule has 4 aromatic carbocycles. The second-order valence-electron chi connectivity index (χ2n) is 29.1. The highest BCUT2D eigenvalue weighted by Gasteiger charge is 2.22. The summed E-state index contributed by atoms with van der Waals surface area (Å²) in [5.41, 5.74) is 2.69. The molecule has 0 unspecified atom stereocenters. The first kappa shape index (κ1) is 85.0. The van der Waals surface area contributed by atoms with Crippen molar-refractivity contribution in [2.24, 2.45) is 40.7 Å². The molecule has 0 aliphatic heterocycles. The number of carbonyl (C=O) groups is 2. The fourth-order valence-corrected chi connectivity index (χ4v) is 11.2. The average Bonchev–Trinajstić information content (AvgIpc) is 0.870. The van der Waals surface area contributed by atoms with E-state index in [0.29, 0.717) is 202 Å². The summed E-state index contributed by atoms with van der Waals surface area (Å²) in [6.07, 6.45) is 26.1. The zero-order valence-corrected chi connectivity index (χ0v) is 63.6. The smallest absolute Gasteiger partial charge is 0.251 e. The molecule has 0 spiro atoms. The Hall–Kier alpha value is -6.39.